The van der Waals surface area contributed by atoms with Crippen molar-refractivity contribution in [3.05, 3.63) is 70.8 Å². The predicted molar refractivity (Wildman–Crippen MR) is 151 cm³/mol. The summed E-state index contributed by atoms with van der Waals surface area (Å²) in [5.41, 5.74) is 5.02. The highest BCUT2D eigenvalue weighted by atomic mass is 16.5. The minimum atomic E-state index is -1.68. The summed E-state index contributed by atoms with van der Waals surface area (Å²) in [6.45, 7) is 6.78. The number of para-hydroxylation sites is 1. The lowest BCUT2D eigenvalue weighted by atomic mass is 9.67. The predicted octanol–water partition coefficient (Wildman–Crippen LogP) is 3.82. The smallest absolute Gasteiger partial charge is 0.488 e. The number of fused-ring (bicyclic) bond motifs is 3. The Morgan fingerprint density at radius 1 is 1.10 bits per heavy atom. The standard InChI is InChI=1S/C31H36BNO6/c1-4-19(14-20-8-5-6-11-26(20)34)12-13-27-28-23(18(2)3)16-24-29(25(28)17-39-27)31(36)33(30(24)35)22-10-7-9-21(15-22)32(37)38/h5-11,14-15,18,24-25,27,29,34,37-38H,4,12-13,16-17H2,1-3H3/b19-14+/t24-,25+,27-,29-/m1/s1. The highest BCUT2D eigenvalue weighted by Crippen LogP contribution is 2.52. The van der Waals surface area contributed by atoms with Crippen molar-refractivity contribution in [3.8, 4) is 5.75 Å². The van der Waals surface area contributed by atoms with Crippen LogP contribution in [-0.4, -0.2) is 46.8 Å². The Labute approximate surface area is 229 Å². The van der Waals surface area contributed by atoms with E-state index in [1.165, 1.54) is 27.7 Å². The molecule has 0 unspecified atom stereocenters. The Kier molecular flexibility index (Phi) is 7.81. The molecule has 2 aromatic rings. The third kappa shape index (κ3) is 5.09. The number of allylic oxidation sites excluding steroid dienone is 2. The highest BCUT2D eigenvalue weighted by Gasteiger charge is 2.57. The van der Waals surface area contributed by atoms with E-state index >= 15 is 0 Å². The van der Waals surface area contributed by atoms with Gasteiger partial charge in [0.2, 0.25) is 11.8 Å². The number of nitrogens with zero attached hydrogens (tertiary/aromatic N) is 1. The Bertz CT molecular complexity index is 1330. The molecule has 2 amide bonds. The van der Waals surface area contributed by atoms with E-state index in [4.69, 9.17) is 4.74 Å². The van der Waals surface area contributed by atoms with Gasteiger partial charge in [-0.15, -0.1) is 0 Å². The number of carbonyl (C=O) groups is 2. The molecule has 0 spiro atoms. The Hall–Kier alpha value is -3.20. The van der Waals surface area contributed by atoms with Gasteiger partial charge in [0.1, 0.15) is 5.75 Å². The van der Waals surface area contributed by atoms with Crippen LogP contribution in [0, 0.1) is 23.7 Å². The van der Waals surface area contributed by atoms with Crippen LogP contribution in [0.4, 0.5) is 5.69 Å². The molecule has 1 aliphatic carbocycles. The lowest BCUT2D eigenvalue weighted by molar-refractivity contribution is -0.122. The first-order chi connectivity index (χ1) is 18.7. The quantitative estimate of drug-likeness (QED) is 0.273. The summed E-state index contributed by atoms with van der Waals surface area (Å²) in [4.78, 5) is 28.6. The van der Waals surface area contributed by atoms with Crippen molar-refractivity contribution >= 4 is 36.2 Å². The average Bonchev–Trinajstić information content (AvgIpc) is 3.45. The zero-order chi connectivity index (χ0) is 27.8. The van der Waals surface area contributed by atoms with Crippen molar-refractivity contribution in [2.24, 2.45) is 23.7 Å². The molecule has 2 saturated heterocycles. The van der Waals surface area contributed by atoms with Crippen molar-refractivity contribution in [1.82, 2.24) is 0 Å². The van der Waals surface area contributed by atoms with E-state index in [1.807, 2.05) is 24.3 Å². The number of amides is 2. The van der Waals surface area contributed by atoms with Gasteiger partial charge >= 0.3 is 7.12 Å². The number of imide groups is 1. The van der Waals surface area contributed by atoms with Crippen molar-refractivity contribution in [2.45, 2.75) is 52.6 Å². The summed E-state index contributed by atoms with van der Waals surface area (Å²) in [6.07, 6.45) is 4.90. The first-order valence-electron chi connectivity index (χ1n) is 13.9. The van der Waals surface area contributed by atoms with E-state index in [2.05, 4.69) is 20.8 Å². The van der Waals surface area contributed by atoms with Crippen LogP contribution in [-0.2, 0) is 14.3 Å². The second kappa shape index (κ2) is 11.1. The van der Waals surface area contributed by atoms with Gasteiger partial charge in [0, 0.05) is 11.5 Å². The molecular weight excluding hydrogens is 493 g/mol. The van der Waals surface area contributed by atoms with Gasteiger partial charge in [-0.05, 0) is 60.8 Å². The van der Waals surface area contributed by atoms with Crippen LogP contribution in [0.3, 0.4) is 0 Å². The number of ether oxygens (including phenoxy) is 1. The molecular formula is C31H36BNO6. The summed E-state index contributed by atoms with van der Waals surface area (Å²) in [5, 5.41) is 29.4. The summed E-state index contributed by atoms with van der Waals surface area (Å²) < 4.78 is 6.35. The van der Waals surface area contributed by atoms with Gasteiger partial charge in [0.15, 0.2) is 0 Å². The van der Waals surface area contributed by atoms with Crippen molar-refractivity contribution in [1.29, 1.82) is 0 Å². The topological polar surface area (TPSA) is 107 Å². The summed E-state index contributed by atoms with van der Waals surface area (Å²) in [6, 6.07) is 13.6. The number of hydrogen-bond donors (Lipinski definition) is 3. The van der Waals surface area contributed by atoms with Crippen LogP contribution >= 0.6 is 0 Å². The van der Waals surface area contributed by atoms with E-state index in [9.17, 15) is 24.7 Å². The van der Waals surface area contributed by atoms with Gasteiger partial charge in [-0.2, -0.15) is 0 Å². The number of carbonyl (C=O) groups excluding carboxylic acids is 2. The van der Waals surface area contributed by atoms with Crippen LogP contribution < -0.4 is 10.4 Å². The molecule has 204 valence electrons. The largest absolute Gasteiger partial charge is 0.507 e. The van der Waals surface area contributed by atoms with Crippen LogP contribution in [0.1, 0.15) is 52.0 Å². The molecule has 3 N–H and O–H groups in total. The molecule has 5 rings (SSSR count). The van der Waals surface area contributed by atoms with Crippen molar-refractivity contribution < 1.29 is 29.5 Å². The number of hydrogen-bond acceptors (Lipinski definition) is 6. The number of rotatable bonds is 8. The number of anilines is 1. The van der Waals surface area contributed by atoms with E-state index in [1.54, 1.807) is 24.3 Å². The van der Waals surface area contributed by atoms with Crippen molar-refractivity contribution in [3.63, 3.8) is 0 Å². The molecule has 2 aliphatic heterocycles. The summed E-state index contributed by atoms with van der Waals surface area (Å²) in [5.74, 6) is -1.05. The molecule has 0 aromatic heterocycles. The summed E-state index contributed by atoms with van der Waals surface area (Å²) >= 11 is 0. The molecule has 39 heavy (non-hydrogen) atoms. The average molecular weight is 529 g/mol. The van der Waals surface area contributed by atoms with Crippen LogP contribution in [0.15, 0.2) is 65.3 Å². The zero-order valence-electron chi connectivity index (χ0n) is 22.7. The third-order valence-corrected chi connectivity index (χ3v) is 8.55. The van der Waals surface area contributed by atoms with Gasteiger partial charge in [0.25, 0.3) is 0 Å². The normalized spacial score (nSPS) is 25.0. The molecule has 2 heterocycles. The fourth-order valence-electron chi connectivity index (χ4n) is 6.53. The van der Waals surface area contributed by atoms with Crippen LogP contribution in [0.5, 0.6) is 5.75 Å². The van der Waals surface area contributed by atoms with Gasteiger partial charge in [-0.1, -0.05) is 68.3 Å². The molecule has 7 nitrogen and oxygen atoms in total. The minimum Gasteiger partial charge on any atom is -0.507 e. The molecule has 2 aromatic carbocycles. The third-order valence-electron chi connectivity index (χ3n) is 8.55. The van der Waals surface area contributed by atoms with Gasteiger partial charge < -0.3 is 19.9 Å². The minimum absolute atomic E-state index is 0.113. The van der Waals surface area contributed by atoms with Gasteiger partial charge in [-0.25, -0.2) is 0 Å². The highest BCUT2D eigenvalue weighted by molar-refractivity contribution is 6.58. The second-order valence-corrected chi connectivity index (χ2v) is 11.1. The molecule has 4 atom stereocenters. The number of phenolic OH excluding ortho intramolecular Hbond substituents is 1. The zero-order valence-corrected chi connectivity index (χ0v) is 22.7. The lowest BCUT2D eigenvalue weighted by Gasteiger charge is -2.33. The lowest BCUT2D eigenvalue weighted by Crippen LogP contribution is -2.36. The van der Waals surface area contributed by atoms with Crippen LogP contribution in [0.2, 0.25) is 0 Å². The maximum Gasteiger partial charge on any atom is 0.488 e. The number of phenols is 1. The van der Waals surface area contributed by atoms with E-state index in [0.29, 0.717) is 18.7 Å². The monoisotopic (exact) mass is 529 g/mol. The molecule has 3 aliphatic rings. The fraction of sp³-hybridized carbons (Fsp3) is 0.419. The molecule has 0 bridgehead atoms. The molecule has 0 saturated carbocycles. The Balaban J connectivity index is 1.40. The van der Waals surface area contributed by atoms with Crippen LogP contribution in [0.25, 0.3) is 6.08 Å². The Morgan fingerprint density at radius 3 is 2.56 bits per heavy atom. The summed E-state index contributed by atoms with van der Waals surface area (Å²) in [7, 11) is -1.68. The Morgan fingerprint density at radius 2 is 1.87 bits per heavy atom. The van der Waals surface area contributed by atoms with Crippen molar-refractivity contribution in [2.75, 3.05) is 11.5 Å². The molecule has 0 radical (unpaired) electrons. The maximum absolute atomic E-state index is 13.8. The SMILES string of the molecule is CC/C(=C\c1ccccc1O)CC[C@H]1OC[C@H]2C1=C(C(C)C)C[C@H]1C(=O)N(c3cccc(B(O)O)c3)C(=O)[C@H]12. The van der Waals surface area contributed by atoms with Gasteiger partial charge in [0.05, 0.1) is 30.2 Å². The maximum atomic E-state index is 13.8. The second-order valence-electron chi connectivity index (χ2n) is 11.1. The van der Waals surface area contributed by atoms with E-state index in [-0.39, 0.29) is 41.0 Å². The molecule has 2 fully saturated rings. The first-order valence-corrected chi connectivity index (χ1v) is 13.9. The van der Waals surface area contributed by atoms with E-state index in [0.717, 1.165) is 24.8 Å². The number of aromatic hydroxyl groups is 1. The van der Waals surface area contributed by atoms with E-state index < -0.39 is 19.0 Å². The number of benzene rings is 2. The fourth-order valence-corrected chi connectivity index (χ4v) is 6.53. The molecule has 8 heteroatoms. The first kappa shape index (κ1) is 27.4. The van der Waals surface area contributed by atoms with Gasteiger partial charge in [-0.3, -0.25) is 14.5 Å².